The minimum absolute atomic E-state index is 0.284. The molecule has 0 aliphatic carbocycles. The molecule has 2 heterocycles. The highest BCUT2D eigenvalue weighted by molar-refractivity contribution is 4.94. The summed E-state index contributed by atoms with van der Waals surface area (Å²) in [5.41, 5.74) is 0. The van der Waals surface area contributed by atoms with Crippen LogP contribution in [0, 0.1) is 0 Å². The largest absolute Gasteiger partial charge is 0.344 e. The summed E-state index contributed by atoms with van der Waals surface area (Å²) in [6, 6.07) is 0.567. The van der Waals surface area contributed by atoms with Gasteiger partial charge >= 0.3 is 12.0 Å². The van der Waals surface area contributed by atoms with Gasteiger partial charge in [-0.3, -0.25) is 0 Å². The average molecular weight is 166 g/mol. The second-order valence-electron chi connectivity index (χ2n) is 1.96. The van der Waals surface area contributed by atoms with Crippen molar-refractivity contribution >= 4 is 0 Å². The highest BCUT2D eigenvalue weighted by Crippen LogP contribution is 2.03. The van der Waals surface area contributed by atoms with E-state index in [1.807, 2.05) is 0 Å². The fraction of sp³-hybridized carbons (Fsp3) is 0. The average Bonchev–Trinajstić information content (AvgIpc) is 2.74. The van der Waals surface area contributed by atoms with Gasteiger partial charge in [-0.1, -0.05) is 0 Å². The van der Waals surface area contributed by atoms with Crippen molar-refractivity contribution in [2.24, 2.45) is 0 Å². The Morgan fingerprint density at radius 1 is 0.917 bits per heavy atom. The summed E-state index contributed by atoms with van der Waals surface area (Å²) in [7, 11) is 0. The fourth-order valence-electron chi connectivity index (χ4n) is 0.672. The van der Waals surface area contributed by atoms with Crippen LogP contribution in [0.15, 0.2) is 24.8 Å². The molecule has 2 rings (SSSR count). The van der Waals surface area contributed by atoms with Crippen molar-refractivity contribution in [1.29, 1.82) is 0 Å². The van der Waals surface area contributed by atoms with E-state index in [1.165, 1.54) is 0 Å². The lowest BCUT2D eigenvalue weighted by Crippen LogP contribution is -2.02. The topological polar surface area (TPSA) is 75.8 Å². The van der Waals surface area contributed by atoms with Gasteiger partial charge in [0.1, 0.15) is 0 Å². The molecular formula is C6H6N4O2. The molecule has 0 aliphatic heterocycles. The number of aromatic amines is 2. The molecule has 12 heavy (non-hydrogen) atoms. The van der Waals surface area contributed by atoms with E-state index in [2.05, 4.69) is 19.9 Å². The Morgan fingerprint density at radius 3 is 1.75 bits per heavy atom. The number of H-pyrrole nitrogens is 2. The second kappa shape index (κ2) is 2.95. The van der Waals surface area contributed by atoms with E-state index >= 15 is 0 Å². The predicted octanol–water partition coefficient (Wildman–Crippen LogP) is 0.506. The summed E-state index contributed by atoms with van der Waals surface area (Å²) >= 11 is 0. The maximum atomic E-state index is 4.73. The highest BCUT2D eigenvalue weighted by Gasteiger charge is 1.98. The minimum Gasteiger partial charge on any atom is -0.311 e. The molecule has 2 N–H and O–H groups in total. The molecule has 0 saturated heterocycles. The zero-order valence-electron chi connectivity index (χ0n) is 6.02. The smallest absolute Gasteiger partial charge is 0.311 e. The molecular weight excluding hydrogens is 160 g/mol. The summed E-state index contributed by atoms with van der Waals surface area (Å²) in [5, 5.41) is 0. The van der Waals surface area contributed by atoms with Crippen LogP contribution < -0.4 is 9.78 Å². The molecule has 0 fully saturated rings. The molecule has 2 aromatic rings. The number of nitrogens with zero attached hydrogens (tertiary/aromatic N) is 2. The Kier molecular flexibility index (Phi) is 1.65. The van der Waals surface area contributed by atoms with Gasteiger partial charge < -0.3 is 9.97 Å². The van der Waals surface area contributed by atoms with Crippen LogP contribution >= 0.6 is 0 Å². The Labute approximate surface area is 67.5 Å². The zero-order valence-corrected chi connectivity index (χ0v) is 6.02. The SMILES string of the molecule is c1c[nH]c(OOc2ncc[nH]2)n1. The van der Waals surface area contributed by atoms with Crippen molar-refractivity contribution < 1.29 is 9.78 Å². The molecule has 0 atom stereocenters. The van der Waals surface area contributed by atoms with Crippen molar-refractivity contribution in [3.8, 4) is 12.0 Å². The van der Waals surface area contributed by atoms with Crippen molar-refractivity contribution in [2.75, 3.05) is 0 Å². The van der Waals surface area contributed by atoms with Gasteiger partial charge in [0.25, 0.3) is 0 Å². The van der Waals surface area contributed by atoms with E-state index in [0.29, 0.717) is 0 Å². The lowest BCUT2D eigenvalue weighted by Gasteiger charge is -1.96. The van der Waals surface area contributed by atoms with Crippen molar-refractivity contribution in [3.63, 3.8) is 0 Å². The molecule has 0 amide bonds. The monoisotopic (exact) mass is 166 g/mol. The lowest BCUT2D eigenvalue weighted by molar-refractivity contribution is -0.116. The third-order valence-electron chi connectivity index (χ3n) is 1.15. The Balaban J connectivity index is 1.91. The summed E-state index contributed by atoms with van der Waals surface area (Å²) in [5.74, 6) is 0. The first kappa shape index (κ1) is 6.71. The van der Waals surface area contributed by atoms with Crippen LogP contribution in [-0.4, -0.2) is 19.9 Å². The summed E-state index contributed by atoms with van der Waals surface area (Å²) in [4.78, 5) is 22.4. The maximum Gasteiger partial charge on any atom is 0.344 e. The number of hydrogen-bond donors (Lipinski definition) is 2. The van der Waals surface area contributed by atoms with E-state index in [1.54, 1.807) is 24.8 Å². The standard InChI is InChI=1S/C6H6N4O2/c1-2-8-5(7-1)11-12-6-9-3-4-10-6/h1-4H,(H,7,8)(H,9,10). The van der Waals surface area contributed by atoms with Crippen LogP contribution in [0.2, 0.25) is 0 Å². The van der Waals surface area contributed by atoms with Crippen molar-refractivity contribution in [1.82, 2.24) is 19.9 Å². The number of imidazole rings is 2. The van der Waals surface area contributed by atoms with E-state index in [0.717, 1.165) is 0 Å². The first-order valence-corrected chi connectivity index (χ1v) is 3.28. The second-order valence-corrected chi connectivity index (χ2v) is 1.96. The van der Waals surface area contributed by atoms with Gasteiger partial charge in [-0.25, -0.2) is 19.7 Å². The molecule has 0 spiro atoms. The van der Waals surface area contributed by atoms with Gasteiger partial charge in [0.15, 0.2) is 0 Å². The molecule has 2 aromatic heterocycles. The van der Waals surface area contributed by atoms with Gasteiger partial charge in [-0.2, -0.15) is 0 Å². The molecule has 6 nitrogen and oxygen atoms in total. The van der Waals surface area contributed by atoms with Gasteiger partial charge in [-0.05, 0) is 0 Å². The van der Waals surface area contributed by atoms with Gasteiger partial charge in [0, 0.05) is 24.8 Å². The van der Waals surface area contributed by atoms with E-state index < -0.39 is 0 Å². The summed E-state index contributed by atoms with van der Waals surface area (Å²) in [6.45, 7) is 0. The van der Waals surface area contributed by atoms with E-state index in [-0.39, 0.29) is 12.0 Å². The van der Waals surface area contributed by atoms with Crippen LogP contribution in [0.5, 0.6) is 12.0 Å². The molecule has 6 heteroatoms. The highest BCUT2D eigenvalue weighted by atomic mass is 17.2. The fourth-order valence-corrected chi connectivity index (χ4v) is 0.672. The third kappa shape index (κ3) is 1.36. The normalized spacial score (nSPS) is 9.67. The Hall–Kier alpha value is -1.98. The molecule has 62 valence electrons. The number of aromatic nitrogens is 4. The van der Waals surface area contributed by atoms with Gasteiger partial charge in [-0.15, -0.1) is 0 Å². The first-order chi connectivity index (χ1) is 5.95. The van der Waals surface area contributed by atoms with Crippen LogP contribution in [0.3, 0.4) is 0 Å². The summed E-state index contributed by atoms with van der Waals surface area (Å²) in [6.07, 6.45) is 6.36. The molecule has 0 unspecified atom stereocenters. The third-order valence-corrected chi connectivity index (χ3v) is 1.15. The van der Waals surface area contributed by atoms with Crippen molar-refractivity contribution in [2.45, 2.75) is 0 Å². The minimum atomic E-state index is 0.284. The van der Waals surface area contributed by atoms with Crippen molar-refractivity contribution in [3.05, 3.63) is 24.8 Å². The van der Waals surface area contributed by atoms with Crippen LogP contribution in [0.4, 0.5) is 0 Å². The zero-order chi connectivity index (χ0) is 8.23. The Bertz CT molecular complexity index is 281. The lowest BCUT2D eigenvalue weighted by atomic mass is 11.0. The van der Waals surface area contributed by atoms with Crippen LogP contribution in [0.1, 0.15) is 0 Å². The molecule has 0 bridgehead atoms. The summed E-state index contributed by atoms with van der Waals surface area (Å²) < 4.78 is 0. The van der Waals surface area contributed by atoms with Crippen LogP contribution in [-0.2, 0) is 0 Å². The van der Waals surface area contributed by atoms with Crippen LogP contribution in [0.25, 0.3) is 0 Å². The van der Waals surface area contributed by atoms with Gasteiger partial charge in [0.05, 0.1) is 0 Å². The predicted molar refractivity (Wildman–Crippen MR) is 38.4 cm³/mol. The molecule has 0 aromatic carbocycles. The number of rotatable bonds is 3. The quantitative estimate of drug-likeness (QED) is 0.514. The van der Waals surface area contributed by atoms with Gasteiger partial charge in [0.2, 0.25) is 0 Å². The van der Waals surface area contributed by atoms with E-state index in [4.69, 9.17) is 9.78 Å². The van der Waals surface area contributed by atoms with E-state index in [9.17, 15) is 0 Å². The Morgan fingerprint density at radius 2 is 1.42 bits per heavy atom. The molecule has 0 radical (unpaired) electrons. The molecule has 0 saturated carbocycles. The molecule has 0 aliphatic rings. The maximum absolute atomic E-state index is 4.73. The number of hydrogen-bond acceptors (Lipinski definition) is 4. The number of nitrogens with one attached hydrogen (secondary N) is 2. The first-order valence-electron chi connectivity index (χ1n) is 3.28.